The Morgan fingerprint density at radius 3 is 2.64 bits per heavy atom. The van der Waals surface area contributed by atoms with E-state index in [9.17, 15) is 14.7 Å². The molecule has 1 amide bonds. The lowest BCUT2D eigenvalue weighted by atomic mass is 10.1. The summed E-state index contributed by atoms with van der Waals surface area (Å²) >= 11 is 0. The first kappa shape index (κ1) is 15.0. The zero-order valence-electron chi connectivity index (χ0n) is 11.3. The first-order valence-electron chi connectivity index (χ1n) is 6.20. The molecule has 0 atom stereocenters. The predicted molar refractivity (Wildman–Crippen MR) is 74.4 cm³/mol. The van der Waals surface area contributed by atoms with Gasteiger partial charge in [0.1, 0.15) is 17.9 Å². The molecule has 0 radical (unpaired) electrons. The number of nitrogens with one attached hydrogen (secondary N) is 1. The molecule has 0 unspecified atom stereocenters. The smallest absolute Gasteiger partial charge is 0.254 e. The summed E-state index contributed by atoms with van der Waals surface area (Å²) in [5.41, 5.74) is 2.95. The van der Waals surface area contributed by atoms with E-state index in [-0.39, 0.29) is 12.0 Å². The molecule has 0 saturated carbocycles. The molecule has 0 saturated heterocycles. The van der Waals surface area contributed by atoms with Crippen molar-refractivity contribution in [3.63, 3.8) is 0 Å². The lowest BCUT2D eigenvalue weighted by Gasteiger charge is -2.02. The summed E-state index contributed by atoms with van der Waals surface area (Å²) < 4.78 is 5.48. The predicted octanol–water partition coefficient (Wildman–Crippen LogP) is 0.674. The van der Waals surface area contributed by atoms with Gasteiger partial charge in [-0.15, -0.1) is 0 Å². The largest absolute Gasteiger partial charge is 0.545 e. The summed E-state index contributed by atoms with van der Waals surface area (Å²) in [6, 6.07) is 11.1. The van der Waals surface area contributed by atoms with E-state index in [0.717, 1.165) is 0 Å². The minimum absolute atomic E-state index is 0.0808. The molecule has 22 heavy (non-hydrogen) atoms. The van der Waals surface area contributed by atoms with Crippen molar-refractivity contribution < 1.29 is 19.1 Å². The van der Waals surface area contributed by atoms with Gasteiger partial charge < -0.3 is 14.3 Å². The molecular weight excluding hydrogens is 286 g/mol. The standard InChI is InChI=1S/C15H11N3O4/c16-8-7-14(19)18-17-9-12-5-6-13(22-12)10-1-3-11(4-2-10)15(20)21/h1-6,9H,7H2,(H,18,19)(H,20,21)/p-1/b17-9-. The number of benzene rings is 1. The molecule has 0 fully saturated rings. The van der Waals surface area contributed by atoms with Gasteiger partial charge in [0.15, 0.2) is 0 Å². The number of hydrogen-bond acceptors (Lipinski definition) is 6. The molecule has 0 aliphatic heterocycles. The van der Waals surface area contributed by atoms with Crippen molar-refractivity contribution in [3.05, 3.63) is 47.7 Å². The molecular formula is C15H10N3O4-. The van der Waals surface area contributed by atoms with Crippen LogP contribution < -0.4 is 10.5 Å². The number of carbonyl (C=O) groups is 2. The number of rotatable bonds is 5. The van der Waals surface area contributed by atoms with Crippen molar-refractivity contribution in [2.24, 2.45) is 5.10 Å². The van der Waals surface area contributed by atoms with Gasteiger partial charge in [-0.05, 0) is 17.7 Å². The van der Waals surface area contributed by atoms with E-state index in [2.05, 4.69) is 10.5 Å². The summed E-state index contributed by atoms with van der Waals surface area (Å²) in [5.74, 6) is -0.832. The fourth-order valence-corrected chi connectivity index (χ4v) is 1.63. The lowest BCUT2D eigenvalue weighted by Crippen LogP contribution is -2.21. The van der Waals surface area contributed by atoms with Gasteiger partial charge in [0, 0.05) is 5.56 Å². The lowest BCUT2D eigenvalue weighted by molar-refractivity contribution is -0.255. The van der Waals surface area contributed by atoms with E-state index >= 15 is 0 Å². The quantitative estimate of drug-likeness (QED) is 0.642. The average Bonchev–Trinajstić information content (AvgIpc) is 2.96. The summed E-state index contributed by atoms with van der Waals surface area (Å²) in [5, 5.41) is 22.6. The molecule has 0 aliphatic carbocycles. The molecule has 7 heteroatoms. The third kappa shape index (κ3) is 3.80. The first-order chi connectivity index (χ1) is 10.6. The topological polar surface area (TPSA) is 119 Å². The molecule has 1 aromatic heterocycles. The molecule has 0 bridgehead atoms. The Bertz CT molecular complexity index is 754. The number of nitrogens with zero attached hydrogens (tertiary/aromatic N) is 2. The summed E-state index contributed by atoms with van der Waals surface area (Å²) in [6.45, 7) is 0. The molecule has 2 aromatic rings. The molecule has 1 aromatic carbocycles. The van der Waals surface area contributed by atoms with Crippen LogP contribution in [0.25, 0.3) is 11.3 Å². The maximum Gasteiger partial charge on any atom is 0.254 e. The number of nitriles is 1. The maximum atomic E-state index is 11.0. The van der Waals surface area contributed by atoms with Crippen LogP contribution in [0.4, 0.5) is 0 Å². The Morgan fingerprint density at radius 2 is 2.00 bits per heavy atom. The van der Waals surface area contributed by atoms with E-state index in [1.807, 2.05) is 0 Å². The fourth-order valence-electron chi connectivity index (χ4n) is 1.63. The molecule has 2 rings (SSSR count). The Kier molecular flexibility index (Phi) is 4.67. The van der Waals surface area contributed by atoms with Crippen LogP contribution in [-0.4, -0.2) is 18.1 Å². The van der Waals surface area contributed by atoms with Crippen molar-refractivity contribution in [2.75, 3.05) is 0 Å². The van der Waals surface area contributed by atoms with E-state index in [1.54, 1.807) is 30.3 Å². The number of amides is 1. The van der Waals surface area contributed by atoms with E-state index in [0.29, 0.717) is 17.1 Å². The van der Waals surface area contributed by atoms with Crippen LogP contribution in [0.1, 0.15) is 22.5 Å². The minimum atomic E-state index is -1.24. The van der Waals surface area contributed by atoms with Crippen LogP contribution in [0, 0.1) is 11.3 Å². The Labute approximate surface area is 125 Å². The van der Waals surface area contributed by atoms with Gasteiger partial charge in [-0.1, -0.05) is 24.3 Å². The number of hydrogen-bond donors (Lipinski definition) is 1. The highest BCUT2D eigenvalue weighted by Crippen LogP contribution is 2.21. The second-order valence-electron chi connectivity index (χ2n) is 4.19. The molecule has 7 nitrogen and oxygen atoms in total. The maximum absolute atomic E-state index is 11.0. The Hall–Kier alpha value is -3.40. The van der Waals surface area contributed by atoms with E-state index in [4.69, 9.17) is 9.68 Å². The summed E-state index contributed by atoms with van der Waals surface area (Å²) in [6.07, 6.45) is 1.03. The summed E-state index contributed by atoms with van der Waals surface area (Å²) in [7, 11) is 0. The molecule has 1 N–H and O–H groups in total. The van der Waals surface area contributed by atoms with Crippen molar-refractivity contribution in [2.45, 2.75) is 6.42 Å². The molecule has 0 spiro atoms. The van der Waals surface area contributed by atoms with Crippen LogP contribution in [0.2, 0.25) is 0 Å². The van der Waals surface area contributed by atoms with Crippen LogP contribution in [0.15, 0.2) is 45.9 Å². The second kappa shape index (κ2) is 6.85. The van der Waals surface area contributed by atoms with Crippen LogP contribution in [0.5, 0.6) is 0 Å². The van der Waals surface area contributed by atoms with E-state index < -0.39 is 11.9 Å². The third-order valence-electron chi connectivity index (χ3n) is 2.65. The number of furan rings is 1. The van der Waals surface area contributed by atoms with Crippen LogP contribution in [0.3, 0.4) is 0 Å². The third-order valence-corrected chi connectivity index (χ3v) is 2.65. The number of carboxylic acid groups (broad SMARTS) is 1. The van der Waals surface area contributed by atoms with Gasteiger partial charge >= 0.3 is 0 Å². The zero-order valence-corrected chi connectivity index (χ0v) is 11.3. The van der Waals surface area contributed by atoms with Gasteiger partial charge in [-0.25, -0.2) is 5.43 Å². The summed E-state index contributed by atoms with van der Waals surface area (Å²) in [4.78, 5) is 21.7. The number of carbonyl (C=O) groups excluding carboxylic acids is 2. The number of hydrazone groups is 1. The van der Waals surface area contributed by atoms with E-state index in [1.165, 1.54) is 18.3 Å². The Balaban J connectivity index is 2.05. The van der Waals surface area contributed by atoms with Gasteiger partial charge in [0.25, 0.3) is 5.91 Å². The van der Waals surface area contributed by atoms with Crippen molar-refractivity contribution >= 4 is 18.1 Å². The van der Waals surface area contributed by atoms with Crippen LogP contribution >= 0.6 is 0 Å². The number of carboxylic acids is 1. The van der Waals surface area contributed by atoms with Crippen LogP contribution in [-0.2, 0) is 4.79 Å². The molecule has 0 aliphatic rings. The van der Waals surface area contributed by atoms with Gasteiger partial charge in [-0.2, -0.15) is 10.4 Å². The monoisotopic (exact) mass is 296 g/mol. The first-order valence-corrected chi connectivity index (χ1v) is 6.20. The molecule has 110 valence electrons. The zero-order chi connectivity index (χ0) is 15.9. The highest BCUT2D eigenvalue weighted by Gasteiger charge is 2.04. The van der Waals surface area contributed by atoms with Gasteiger partial charge in [-0.3, -0.25) is 4.79 Å². The van der Waals surface area contributed by atoms with Crippen molar-refractivity contribution in [3.8, 4) is 17.4 Å². The SMILES string of the molecule is N#CCC(=O)N/N=C\c1ccc(-c2ccc(C(=O)[O-])cc2)o1. The highest BCUT2D eigenvalue weighted by atomic mass is 16.4. The minimum Gasteiger partial charge on any atom is -0.545 e. The number of aromatic carboxylic acids is 1. The van der Waals surface area contributed by atoms with Gasteiger partial charge in [0.2, 0.25) is 0 Å². The van der Waals surface area contributed by atoms with Gasteiger partial charge in [0.05, 0.1) is 18.3 Å². The van der Waals surface area contributed by atoms with Crippen molar-refractivity contribution in [1.29, 1.82) is 5.26 Å². The Morgan fingerprint density at radius 1 is 1.27 bits per heavy atom. The van der Waals surface area contributed by atoms with Crippen molar-refractivity contribution in [1.82, 2.24) is 5.43 Å². The fraction of sp³-hybridized carbons (Fsp3) is 0.0667. The average molecular weight is 296 g/mol. The normalized spacial score (nSPS) is 10.3. The molecule has 1 heterocycles. The highest BCUT2D eigenvalue weighted by molar-refractivity contribution is 5.86. The second-order valence-corrected chi connectivity index (χ2v) is 4.19.